The Bertz CT molecular complexity index is 308. The van der Waals surface area contributed by atoms with Gasteiger partial charge in [0.15, 0.2) is 0 Å². The third-order valence-electron chi connectivity index (χ3n) is 2.73. The highest BCUT2D eigenvalue weighted by atomic mass is 16.3. The summed E-state index contributed by atoms with van der Waals surface area (Å²) in [6.45, 7) is 5.69. The lowest BCUT2D eigenvalue weighted by Gasteiger charge is -2.23. The third kappa shape index (κ3) is 3.98. The quantitative estimate of drug-likeness (QED) is 0.759. The molecule has 0 saturated carbocycles. The van der Waals surface area contributed by atoms with Crippen LogP contribution in [0, 0.1) is 0 Å². The molecule has 0 aliphatic carbocycles. The molecule has 0 aliphatic rings. The van der Waals surface area contributed by atoms with Gasteiger partial charge in [-0.1, -0.05) is 13.8 Å². The first-order chi connectivity index (χ1) is 8.22. The summed E-state index contributed by atoms with van der Waals surface area (Å²) in [5, 5.41) is 18.7. The van der Waals surface area contributed by atoms with E-state index in [0.29, 0.717) is 18.7 Å². The van der Waals surface area contributed by atoms with Gasteiger partial charge in [-0.05, 0) is 25.0 Å². The van der Waals surface area contributed by atoms with Gasteiger partial charge in [-0.25, -0.2) is 0 Å². The van der Waals surface area contributed by atoms with Crippen molar-refractivity contribution in [3.05, 3.63) is 24.0 Å². The van der Waals surface area contributed by atoms with Crippen molar-refractivity contribution in [2.24, 2.45) is 0 Å². The van der Waals surface area contributed by atoms with E-state index in [0.717, 1.165) is 18.7 Å². The molecule has 1 rings (SSSR count). The molecular formula is C13H22N2O2. The molecule has 0 aromatic carbocycles. The molecule has 1 unspecified atom stereocenters. The summed E-state index contributed by atoms with van der Waals surface area (Å²) in [5.74, 6) is 0. The number of rotatable bonds is 7. The number of hydrogen-bond donors (Lipinski definition) is 2. The molecule has 1 heterocycles. The maximum atomic E-state index is 9.65. The van der Waals surface area contributed by atoms with E-state index in [1.807, 2.05) is 19.1 Å². The van der Waals surface area contributed by atoms with E-state index in [1.165, 1.54) is 0 Å². The highest BCUT2D eigenvalue weighted by Crippen LogP contribution is 2.18. The average molecular weight is 238 g/mol. The van der Waals surface area contributed by atoms with Crippen LogP contribution in [-0.4, -0.2) is 34.9 Å². The number of aliphatic hydroxyl groups excluding tert-OH is 2. The van der Waals surface area contributed by atoms with Gasteiger partial charge in [0.2, 0.25) is 0 Å². The number of nitrogens with zero attached hydrogens (tertiary/aromatic N) is 2. The second kappa shape index (κ2) is 7.25. The fourth-order valence-electron chi connectivity index (χ4n) is 1.75. The molecule has 96 valence electrons. The van der Waals surface area contributed by atoms with E-state index in [2.05, 4.69) is 16.8 Å². The van der Waals surface area contributed by atoms with Gasteiger partial charge in [-0.15, -0.1) is 0 Å². The van der Waals surface area contributed by atoms with Crippen molar-refractivity contribution >= 4 is 5.69 Å². The number of aromatic nitrogens is 1. The van der Waals surface area contributed by atoms with Crippen LogP contribution >= 0.6 is 0 Å². The first kappa shape index (κ1) is 13.9. The van der Waals surface area contributed by atoms with E-state index in [1.54, 1.807) is 6.20 Å². The predicted octanol–water partition coefficient (Wildman–Crippen LogP) is 1.73. The summed E-state index contributed by atoms with van der Waals surface area (Å²) in [7, 11) is 0. The normalized spacial score (nSPS) is 12.5. The molecular weight excluding hydrogens is 216 g/mol. The smallest absolute Gasteiger partial charge is 0.0957 e. The van der Waals surface area contributed by atoms with Crippen LogP contribution in [0.25, 0.3) is 0 Å². The minimum Gasteiger partial charge on any atom is -0.395 e. The number of aliphatic hydroxyl groups is 2. The first-order valence-electron chi connectivity index (χ1n) is 6.22. The summed E-state index contributed by atoms with van der Waals surface area (Å²) in [4.78, 5) is 6.35. The fraction of sp³-hybridized carbons (Fsp3) is 0.615. The molecule has 2 N–H and O–H groups in total. The summed E-state index contributed by atoms with van der Waals surface area (Å²) in [6, 6.07) is 3.80. The highest BCUT2D eigenvalue weighted by Gasteiger charge is 2.08. The molecule has 1 atom stereocenters. The molecule has 4 heteroatoms. The Kier molecular flexibility index (Phi) is 5.94. The van der Waals surface area contributed by atoms with Gasteiger partial charge >= 0.3 is 0 Å². The zero-order valence-electron chi connectivity index (χ0n) is 10.6. The Morgan fingerprint density at radius 3 is 2.53 bits per heavy atom. The van der Waals surface area contributed by atoms with Crippen molar-refractivity contribution in [1.29, 1.82) is 0 Å². The van der Waals surface area contributed by atoms with Gasteiger partial charge in [0.25, 0.3) is 0 Å². The SMILES string of the molecule is CCCN(CCO)c1ccc(C(O)CC)nc1. The van der Waals surface area contributed by atoms with Crippen LogP contribution in [0.5, 0.6) is 0 Å². The Morgan fingerprint density at radius 2 is 2.06 bits per heavy atom. The molecule has 0 fully saturated rings. The lowest BCUT2D eigenvalue weighted by atomic mass is 10.2. The summed E-state index contributed by atoms with van der Waals surface area (Å²) >= 11 is 0. The number of anilines is 1. The Morgan fingerprint density at radius 1 is 1.29 bits per heavy atom. The zero-order valence-corrected chi connectivity index (χ0v) is 10.6. The molecule has 1 aromatic heterocycles. The molecule has 17 heavy (non-hydrogen) atoms. The van der Waals surface area contributed by atoms with Crippen LogP contribution in [-0.2, 0) is 0 Å². The first-order valence-corrected chi connectivity index (χ1v) is 6.22. The van der Waals surface area contributed by atoms with Crippen LogP contribution in [0.15, 0.2) is 18.3 Å². The molecule has 0 bridgehead atoms. The zero-order chi connectivity index (χ0) is 12.7. The lowest BCUT2D eigenvalue weighted by molar-refractivity contribution is 0.169. The average Bonchev–Trinajstić information content (AvgIpc) is 2.38. The predicted molar refractivity (Wildman–Crippen MR) is 69.1 cm³/mol. The third-order valence-corrected chi connectivity index (χ3v) is 2.73. The second-order valence-corrected chi connectivity index (χ2v) is 4.08. The van der Waals surface area contributed by atoms with E-state index in [9.17, 15) is 5.11 Å². The van der Waals surface area contributed by atoms with Crippen molar-refractivity contribution < 1.29 is 10.2 Å². The maximum Gasteiger partial charge on any atom is 0.0957 e. The number of pyridine rings is 1. The van der Waals surface area contributed by atoms with Crippen molar-refractivity contribution in [2.45, 2.75) is 32.8 Å². The Balaban J connectivity index is 2.76. The largest absolute Gasteiger partial charge is 0.395 e. The van der Waals surface area contributed by atoms with Gasteiger partial charge in [-0.3, -0.25) is 4.98 Å². The summed E-state index contributed by atoms with van der Waals surface area (Å²) in [6.07, 6.45) is 2.97. The van der Waals surface area contributed by atoms with Crippen molar-refractivity contribution in [2.75, 3.05) is 24.6 Å². The van der Waals surface area contributed by atoms with E-state index < -0.39 is 6.10 Å². The monoisotopic (exact) mass is 238 g/mol. The number of hydrogen-bond acceptors (Lipinski definition) is 4. The summed E-state index contributed by atoms with van der Waals surface area (Å²) < 4.78 is 0. The molecule has 0 saturated heterocycles. The lowest BCUT2D eigenvalue weighted by Crippen LogP contribution is -2.27. The standard InChI is InChI=1S/C13H22N2O2/c1-3-7-15(8-9-16)11-5-6-12(14-10-11)13(17)4-2/h5-6,10,13,16-17H,3-4,7-9H2,1-2H3. The highest BCUT2D eigenvalue weighted by molar-refractivity contribution is 5.44. The molecule has 0 amide bonds. The van der Waals surface area contributed by atoms with Crippen molar-refractivity contribution in [3.63, 3.8) is 0 Å². The molecule has 0 spiro atoms. The Labute approximate surface area is 103 Å². The molecule has 4 nitrogen and oxygen atoms in total. The second-order valence-electron chi connectivity index (χ2n) is 4.08. The summed E-state index contributed by atoms with van der Waals surface area (Å²) in [5.41, 5.74) is 1.70. The topological polar surface area (TPSA) is 56.6 Å². The van der Waals surface area contributed by atoms with Crippen LogP contribution in [0.1, 0.15) is 38.5 Å². The minimum atomic E-state index is -0.485. The van der Waals surface area contributed by atoms with Crippen molar-refractivity contribution in [3.8, 4) is 0 Å². The van der Waals surface area contributed by atoms with Crippen LogP contribution in [0.3, 0.4) is 0 Å². The van der Waals surface area contributed by atoms with E-state index >= 15 is 0 Å². The molecule has 0 aliphatic heterocycles. The Hall–Kier alpha value is -1.13. The molecule has 0 radical (unpaired) electrons. The van der Waals surface area contributed by atoms with E-state index in [4.69, 9.17) is 5.11 Å². The maximum absolute atomic E-state index is 9.65. The van der Waals surface area contributed by atoms with Gasteiger partial charge in [-0.2, -0.15) is 0 Å². The fourth-order valence-corrected chi connectivity index (χ4v) is 1.75. The van der Waals surface area contributed by atoms with Gasteiger partial charge in [0.1, 0.15) is 0 Å². The van der Waals surface area contributed by atoms with Crippen LogP contribution in [0.4, 0.5) is 5.69 Å². The minimum absolute atomic E-state index is 0.138. The van der Waals surface area contributed by atoms with Gasteiger partial charge in [0.05, 0.1) is 30.3 Å². The molecule has 1 aromatic rings. The van der Waals surface area contributed by atoms with Gasteiger partial charge < -0.3 is 15.1 Å². The van der Waals surface area contributed by atoms with Crippen molar-refractivity contribution in [1.82, 2.24) is 4.98 Å². The van der Waals surface area contributed by atoms with Gasteiger partial charge in [0, 0.05) is 13.1 Å². The van der Waals surface area contributed by atoms with E-state index in [-0.39, 0.29) is 6.61 Å². The van der Waals surface area contributed by atoms with Crippen LogP contribution < -0.4 is 4.90 Å². The van der Waals surface area contributed by atoms with Crippen LogP contribution in [0.2, 0.25) is 0 Å².